The Morgan fingerprint density at radius 2 is 2.38 bits per heavy atom. The van der Waals surface area contributed by atoms with Gasteiger partial charge in [-0.2, -0.15) is 0 Å². The van der Waals surface area contributed by atoms with Gasteiger partial charge in [0.2, 0.25) is 12.3 Å². The number of hydrogen-bond donors (Lipinski definition) is 2. The number of amides is 1. The predicted molar refractivity (Wildman–Crippen MR) is 42.2 cm³/mol. The number of carbonyl (C=O) groups is 1. The van der Waals surface area contributed by atoms with Crippen molar-refractivity contribution in [3.8, 4) is 0 Å². The topological polar surface area (TPSA) is 55.1 Å². The van der Waals surface area contributed by atoms with E-state index in [4.69, 9.17) is 5.73 Å². The zero-order valence-electron chi connectivity index (χ0n) is 7.09. The van der Waals surface area contributed by atoms with Crippen LogP contribution in [0.25, 0.3) is 0 Å². The van der Waals surface area contributed by atoms with E-state index < -0.39 is 23.9 Å². The van der Waals surface area contributed by atoms with Gasteiger partial charge in [-0.25, -0.2) is 8.78 Å². The standard InChI is InChI=1S/C8H12F2N2O/c9-6(10)3-8-2-4(8)1-5(12-8)7(11)13/h4-6,12H,1-3H2,(H2,11,13). The number of hydrogen-bond acceptors (Lipinski definition) is 2. The SMILES string of the molecule is NC(=O)C1CC2CC2(CC(F)F)N1. The number of rotatable bonds is 3. The summed E-state index contributed by atoms with van der Waals surface area (Å²) in [5, 5.41) is 2.92. The minimum atomic E-state index is -2.30. The zero-order valence-corrected chi connectivity index (χ0v) is 7.09. The Hall–Kier alpha value is -0.710. The number of fused-ring (bicyclic) bond motifs is 1. The molecule has 74 valence electrons. The number of nitrogens with one attached hydrogen (secondary N) is 1. The average Bonchev–Trinajstić information content (AvgIpc) is 2.51. The lowest BCUT2D eigenvalue weighted by molar-refractivity contribution is -0.120. The first-order chi connectivity index (χ1) is 6.03. The van der Waals surface area contributed by atoms with Gasteiger partial charge in [0.25, 0.3) is 0 Å². The van der Waals surface area contributed by atoms with Crippen molar-refractivity contribution >= 4 is 5.91 Å². The second-order valence-corrected chi connectivity index (χ2v) is 3.99. The van der Waals surface area contributed by atoms with Crippen LogP contribution in [0.15, 0.2) is 0 Å². The first-order valence-electron chi connectivity index (χ1n) is 4.39. The molecule has 1 amide bonds. The van der Waals surface area contributed by atoms with Crippen LogP contribution in [0.3, 0.4) is 0 Å². The highest BCUT2D eigenvalue weighted by Crippen LogP contribution is 2.54. The van der Waals surface area contributed by atoms with Crippen LogP contribution in [-0.2, 0) is 4.79 Å². The summed E-state index contributed by atoms with van der Waals surface area (Å²) in [4.78, 5) is 10.8. The summed E-state index contributed by atoms with van der Waals surface area (Å²) >= 11 is 0. The minimum absolute atomic E-state index is 0.151. The van der Waals surface area contributed by atoms with Crippen molar-refractivity contribution in [1.29, 1.82) is 0 Å². The van der Waals surface area contributed by atoms with Crippen molar-refractivity contribution in [3.05, 3.63) is 0 Å². The van der Waals surface area contributed by atoms with E-state index in [1.54, 1.807) is 0 Å². The van der Waals surface area contributed by atoms with Gasteiger partial charge < -0.3 is 5.73 Å². The van der Waals surface area contributed by atoms with E-state index in [9.17, 15) is 13.6 Å². The molecule has 3 atom stereocenters. The maximum Gasteiger partial charge on any atom is 0.240 e. The van der Waals surface area contributed by atoms with Crippen molar-refractivity contribution in [1.82, 2.24) is 5.32 Å². The molecule has 2 rings (SSSR count). The van der Waals surface area contributed by atoms with Crippen LogP contribution in [0.5, 0.6) is 0 Å². The van der Waals surface area contributed by atoms with Crippen LogP contribution >= 0.6 is 0 Å². The lowest BCUT2D eigenvalue weighted by atomic mass is 10.1. The minimum Gasteiger partial charge on any atom is -0.368 e. The molecule has 0 aromatic heterocycles. The molecule has 1 saturated carbocycles. The molecule has 3 nitrogen and oxygen atoms in total. The number of primary amides is 1. The number of alkyl halides is 2. The van der Waals surface area contributed by atoms with E-state index in [-0.39, 0.29) is 12.3 Å². The largest absolute Gasteiger partial charge is 0.368 e. The molecule has 0 aromatic rings. The third-order valence-electron chi connectivity index (χ3n) is 3.08. The predicted octanol–water partition coefficient (Wildman–Crippen LogP) is 0.247. The molecular weight excluding hydrogens is 178 g/mol. The summed E-state index contributed by atoms with van der Waals surface area (Å²) < 4.78 is 24.3. The van der Waals surface area contributed by atoms with Crippen LogP contribution in [-0.4, -0.2) is 23.9 Å². The van der Waals surface area contributed by atoms with Gasteiger partial charge in [0.15, 0.2) is 0 Å². The maximum atomic E-state index is 12.1. The molecule has 1 saturated heterocycles. The number of carbonyl (C=O) groups excluding carboxylic acids is 1. The van der Waals surface area contributed by atoms with Crippen LogP contribution in [0.4, 0.5) is 8.78 Å². The Labute approximate surface area is 74.7 Å². The molecule has 0 aromatic carbocycles. The molecule has 2 fully saturated rings. The molecule has 13 heavy (non-hydrogen) atoms. The van der Waals surface area contributed by atoms with Crippen LogP contribution < -0.4 is 11.1 Å². The molecule has 0 radical (unpaired) electrons. The fourth-order valence-electron chi connectivity index (χ4n) is 2.33. The summed E-state index contributed by atoms with van der Waals surface area (Å²) in [6, 6.07) is -0.391. The van der Waals surface area contributed by atoms with E-state index in [2.05, 4.69) is 5.32 Å². The molecule has 3 N–H and O–H groups in total. The molecule has 5 heteroatoms. The third kappa shape index (κ3) is 1.41. The maximum absolute atomic E-state index is 12.1. The van der Waals surface area contributed by atoms with Gasteiger partial charge in [0.1, 0.15) is 0 Å². The van der Waals surface area contributed by atoms with Gasteiger partial charge in [0.05, 0.1) is 6.04 Å². The van der Waals surface area contributed by atoms with E-state index in [1.165, 1.54) is 0 Å². The highest BCUT2D eigenvalue weighted by Gasteiger charge is 2.61. The quantitative estimate of drug-likeness (QED) is 0.670. The van der Waals surface area contributed by atoms with E-state index in [0.717, 1.165) is 6.42 Å². The van der Waals surface area contributed by atoms with Gasteiger partial charge in [-0.05, 0) is 18.8 Å². The van der Waals surface area contributed by atoms with Crippen LogP contribution in [0.2, 0.25) is 0 Å². The van der Waals surface area contributed by atoms with Crippen LogP contribution in [0.1, 0.15) is 19.3 Å². The highest BCUT2D eigenvalue weighted by molar-refractivity contribution is 5.80. The molecule has 3 unspecified atom stereocenters. The molecule has 2 aliphatic rings. The Morgan fingerprint density at radius 3 is 2.85 bits per heavy atom. The second-order valence-electron chi connectivity index (χ2n) is 3.99. The van der Waals surface area contributed by atoms with E-state index in [1.807, 2.05) is 0 Å². The normalized spacial score (nSPS) is 42.1. The molecule has 0 bridgehead atoms. The fourth-order valence-corrected chi connectivity index (χ4v) is 2.33. The van der Waals surface area contributed by atoms with Crippen molar-refractivity contribution in [2.75, 3.05) is 0 Å². The van der Waals surface area contributed by atoms with Crippen molar-refractivity contribution in [2.24, 2.45) is 11.7 Å². The van der Waals surface area contributed by atoms with Gasteiger partial charge in [-0.1, -0.05) is 0 Å². The molecule has 1 aliphatic carbocycles. The summed E-state index contributed by atoms with van der Waals surface area (Å²) in [6.07, 6.45) is -1.06. The Morgan fingerprint density at radius 1 is 1.69 bits per heavy atom. The lowest BCUT2D eigenvalue weighted by Crippen LogP contribution is -2.44. The summed E-state index contributed by atoms with van der Waals surface area (Å²) in [6.45, 7) is 0. The van der Waals surface area contributed by atoms with Crippen LogP contribution in [0, 0.1) is 5.92 Å². The van der Waals surface area contributed by atoms with Gasteiger partial charge in [-0.15, -0.1) is 0 Å². The summed E-state index contributed by atoms with van der Waals surface area (Å²) in [5.41, 5.74) is 4.62. The molecular formula is C8H12F2N2O. The molecule has 1 heterocycles. The number of nitrogens with two attached hydrogens (primary N) is 1. The van der Waals surface area contributed by atoms with Gasteiger partial charge in [0, 0.05) is 12.0 Å². The van der Waals surface area contributed by atoms with E-state index in [0.29, 0.717) is 6.42 Å². The first-order valence-corrected chi connectivity index (χ1v) is 4.39. The zero-order chi connectivity index (χ0) is 9.64. The van der Waals surface area contributed by atoms with Gasteiger partial charge >= 0.3 is 0 Å². The number of piperidine rings is 1. The highest BCUT2D eigenvalue weighted by atomic mass is 19.3. The van der Waals surface area contributed by atoms with Crippen molar-refractivity contribution < 1.29 is 13.6 Å². The summed E-state index contributed by atoms with van der Waals surface area (Å²) in [5.74, 6) is -0.195. The smallest absolute Gasteiger partial charge is 0.240 e. The summed E-state index contributed by atoms with van der Waals surface area (Å²) in [7, 11) is 0. The Kier molecular flexibility index (Phi) is 1.80. The fraction of sp³-hybridized carbons (Fsp3) is 0.875. The molecule has 0 spiro atoms. The van der Waals surface area contributed by atoms with Gasteiger partial charge in [-0.3, -0.25) is 10.1 Å². The average molecular weight is 190 g/mol. The Bertz CT molecular complexity index is 246. The van der Waals surface area contributed by atoms with Crippen molar-refractivity contribution in [3.63, 3.8) is 0 Å². The van der Waals surface area contributed by atoms with E-state index >= 15 is 0 Å². The monoisotopic (exact) mass is 190 g/mol. The second kappa shape index (κ2) is 2.64. The molecule has 1 aliphatic heterocycles. The first kappa shape index (κ1) is 8.87. The third-order valence-corrected chi connectivity index (χ3v) is 3.08. The van der Waals surface area contributed by atoms with Crippen molar-refractivity contribution in [2.45, 2.75) is 37.3 Å². The Balaban J connectivity index is 1.96. The number of halogens is 2. The lowest BCUT2D eigenvalue weighted by Gasteiger charge is -2.16.